The van der Waals surface area contributed by atoms with E-state index in [-0.39, 0.29) is 24.5 Å². The molecule has 2 amide bonds. The zero-order valence-corrected chi connectivity index (χ0v) is 16.3. The predicted molar refractivity (Wildman–Crippen MR) is 114 cm³/mol. The second-order valence-electron chi connectivity index (χ2n) is 7.65. The van der Waals surface area contributed by atoms with Gasteiger partial charge in [0.05, 0.1) is 12.6 Å². The Morgan fingerprint density at radius 3 is 1.83 bits per heavy atom. The number of nitrogens with one attached hydrogen (secondary N) is 2. The first kappa shape index (κ1) is 19.2. The SMILES string of the molecule is O=C(NC[C@](O)(c1ccccc1)C1CC1)NC(c1ccccc1)c1ccccc1. The molecule has 3 aromatic carbocycles. The molecule has 3 N–H and O–H groups in total. The van der Waals surface area contributed by atoms with Gasteiger partial charge in [0.25, 0.3) is 0 Å². The number of rotatable bonds is 7. The number of benzene rings is 3. The normalized spacial score (nSPS) is 15.5. The summed E-state index contributed by atoms with van der Waals surface area (Å²) in [6.45, 7) is 0.184. The third-order valence-corrected chi connectivity index (χ3v) is 5.59. The molecule has 4 nitrogen and oxygen atoms in total. The Balaban J connectivity index is 1.48. The van der Waals surface area contributed by atoms with Crippen LogP contribution < -0.4 is 10.6 Å². The molecule has 4 heteroatoms. The van der Waals surface area contributed by atoms with Gasteiger partial charge in [-0.3, -0.25) is 0 Å². The van der Waals surface area contributed by atoms with E-state index >= 15 is 0 Å². The van der Waals surface area contributed by atoms with Gasteiger partial charge in [0.15, 0.2) is 0 Å². The van der Waals surface area contributed by atoms with Crippen LogP contribution in [0.5, 0.6) is 0 Å². The van der Waals surface area contributed by atoms with Gasteiger partial charge >= 0.3 is 6.03 Å². The fraction of sp³-hybridized carbons (Fsp3) is 0.240. The minimum absolute atomic E-state index is 0.184. The van der Waals surface area contributed by atoms with E-state index in [4.69, 9.17) is 0 Å². The van der Waals surface area contributed by atoms with Gasteiger partial charge in [-0.2, -0.15) is 0 Å². The Kier molecular flexibility index (Phi) is 5.63. The first-order valence-electron chi connectivity index (χ1n) is 10.1. The number of carbonyl (C=O) groups excluding carboxylic acids is 1. The Morgan fingerprint density at radius 2 is 1.34 bits per heavy atom. The Morgan fingerprint density at radius 1 is 0.862 bits per heavy atom. The molecule has 0 aliphatic heterocycles. The lowest BCUT2D eigenvalue weighted by Crippen LogP contribution is -2.46. The molecule has 0 spiro atoms. The molecule has 0 aromatic heterocycles. The lowest BCUT2D eigenvalue weighted by atomic mass is 9.88. The molecule has 148 valence electrons. The lowest BCUT2D eigenvalue weighted by molar-refractivity contribution is 0.0159. The van der Waals surface area contributed by atoms with Gasteiger partial charge in [-0.1, -0.05) is 91.0 Å². The van der Waals surface area contributed by atoms with Crippen LogP contribution in [-0.2, 0) is 5.60 Å². The molecule has 1 aliphatic carbocycles. The van der Waals surface area contributed by atoms with Crippen molar-refractivity contribution in [1.82, 2.24) is 10.6 Å². The Labute approximate surface area is 171 Å². The predicted octanol–water partition coefficient (Wildman–Crippen LogP) is 4.37. The maximum atomic E-state index is 12.8. The Hall–Kier alpha value is -3.11. The molecular weight excluding hydrogens is 360 g/mol. The van der Waals surface area contributed by atoms with Gasteiger partial charge in [-0.05, 0) is 35.4 Å². The summed E-state index contributed by atoms with van der Waals surface area (Å²) < 4.78 is 0. The highest BCUT2D eigenvalue weighted by Gasteiger charge is 2.45. The average molecular weight is 386 g/mol. The highest BCUT2D eigenvalue weighted by molar-refractivity contribution is 5.75. The molecule has 0 saturated heterocycles. The van der Waals surface area contributed by atoms with Crippen LogP contribution in [0.3, 0.4) is 0 Å². The van der Waals surface area contributed by atoms with Crippen LogP contribution >= 0.6 is 0 Å². The molecular formula is C25H26N2O2. The number of carbonyl (C=O) groups is 1. The van der Waals surface area contributed by atoms with E-state index < -0.39 is 5.60 Å². The highest BCUT2D eigenvalue weighted by atomic mass is 16.3. The van der Waals surface area contributed by atoms with Crippen molar-refractivity contribution >= 4 is 6.03 Å². The third-order valence-electron chi connectivity index (χ3n) is 5.59. The fourth-order valence-electron chi connectivity index (χ4n) is 3.82. The summed E-state index contributed by atoms with van der Waals surface area (Å²) in [6, 6.07) is 28.9. The van der Waals surface area contributed by atoms with E-state index in [1.165, 1.54) is 0 Å². The van der Waals surface area contributed by atoms with Gasteiger partial charge in [0, 0.05) is 0 Å². The summed E-state index contributed by atoms with van der Waals surface area (Å²) in [5.74, 6) is 0.184. The molecule has 0 unspecified atom stereocenters. The topological polar surface area (TPSA) is 61.4 Å². The van der Waals surface area contributed by atoms with Crippen LogP contribution in [0.15, 0.2) is 91.0 Å². The molecule has 4 rings (SSSR count). The van der Waals surface area contributed by atoms with E-state index in [1.54, 1.807) is 0 Å². The van der Waals surface area contributed by atoms with E-state index in [2.05, 4.69) is 10.6 Å². The van der Waals surface area contributed by atoms with E-state index in [0.29, 0.717) is 0 Å². The second-order valence-corrected chi connectivity index (χ2v) is 7.65. The summed E-state index contributed by atoms with van der Waals surface area (Å²) in [7, 11) is 0. The smallest absolute Gasteiger partial charge is 0.315 e. The van der Waals surface area contributed by atoms with E-state index in [1.807, 2.05) is 91.0 Å². The minimum atomic E-state index is -1.03. The van der Waals surface area contributed by atoms with Crippen LogP contribution in [0, 0.1) is 5.92 Å². The van der Waals surface area contributed by atoms with Crippen LogP contribution in [0.25, 0.3) is 0 Å². The van der Waals surface area contributed by atoms with Crippen molar-refractivity contribution in [1.29, 1.82) is 0 Å². The van der Waals surface area contributed by atoms with Crippen molar-refractivity contribution < 1.29 is 9.90 Å². The van der Waals surface area contributed by atoms with E-state index in [0.717, 1.165) is 29.5 Å². The first-order valence-corrected chi connectivity index (χ1v) is 10.1. The van der Waals surface area contributed by atoms with Crippen molar-refractivity contribution in [2.45, 2.75) is 24.5 Å². The minimum Gasteiger partial charge on any atom is -0.383 e. The summed E-state index contributed by atoms with van der Waals surface area (Å²) in [4.78, 5) is 12.8. The molecule has 3 aromatic rings. The molecule has 0 bridgehead atoms. The lowest BCUT2D eigenvalue weighted by Gasteiger charge is -2.30. The average Bonchev–Trinajstić information content (AvgIpc) is 3.64. The van der Waals surface area contributed by atoms with Gasteiger partial charge in [-0.25, -0.2) is 4.79 Å². The van der Waals surface area contributed by atoms with Crippen molar-refractivity contribution in [3.63, 3.8) is 0 Å². The standard InChI is InChI=1S/C25H26N2O2/c28-24(26-18-25(29,22-16-17-22)21-14-8-3-9-15-21)27-23(19-10-4-1-5-11-19)20-12-6-2-7-13-20/h1-15,22-23,29H,16-18H2,(H2,26,27,28)/t25-/m0/s1. The summed E-state index contributed by atoms with van der Waals surface area (Å²) in [5.41, 5.74) is 1.84. The molecule has 1 saturated carbocycles. The second kappa shape index (κ2) is 8.50. The molecule has 1 atom stereocenters. The van der Waals surface area contributed by atoms with Crippen LogP contribution in [0.1, 0.15) is 35.6 Å². The summed E-state index contributed by atoms with van der Waals surface area (Å²) >= 11 is 0. The molecule has 29 heavy (non-hydrogen) atoms. The monoisotopic (exact) mass is 386 g/mol. The summed E-state index contributed by atoms with van der Waals surface area (Å²) in [5, 5.41) is 17.3. The highest BCUT2D eigenvalue weighted by Crippen LogP contribution is 2.45. The van der Waals surface area contributed by atoms with E-state index in [9.17, 15) is 9.90 Å². The van der Waals surface area contributed by atoms with Gasteiger partial charge < -0.3 is 15.7 Å². The van der Waals surface area contributed by atoms with Crippen LogP contribution in [0.2, 0.25) is 0 Å². The number of aliphatic hydroxyl groups is 1. The number of urea groups is 1. The number of hydrogen-bond acceptors (Lipinski definition) is 2. The van der Waals surface area contributed by atoms with Gasteiger partial charge in [0.2, 0.25) is 0 Å². The number of amides is 2. The molecule has 0 heterocycles. The van der Waals surface area contributed by atoms with Crippen molar-refractivity contribution in [3.8, 4) is 0 Å². The third kappa shape index (κ3) is 4.49. The van der Waals surface area contributed by atoms with Crippen molar-refractivity contribution in [3.05, 3.63) is 108 Å². The van der Waals surface area contributed by atoms with Crippen LogP contribution in [-0.4, -0.2) is 17.7 Å². The molecule has 0 radical (unpaired) electrons. The fourth-order valence-corrected chi connectivity index (χ4v) is 3.82. The van der Waals surface area contributed by atoms with Gasteiger partial charge in [-0.15, -0.1) is 0 Å². The largest absolute Gasteiger partial charge is 0.383 e. The van der Waals surface area contributed by atoms with Crippen molar-refractivity contribution in [2.24, 2.45) is 5.92 Å². The maximum absolute atomic E-state index is 12.8. The zero-order chi connectivity index (χ0) is 20.1. The van der Waals surface area contributed by atoms with Crippen LogP contribution in [0.4, 0.5) is 4.79 Å². The maximum Gasteiger partial charge on any atom is 0.315 e. The summed E-state index contributed by atoms with van der Waals surface area (Å²) in [6.07, 6.45) is 1.96. The quantitative estimate of drug-likeness (QED) is 0.565. The van der Waals surface area contributed by atoms with Crippen molar-refractivity contribution in [2.75, 3.05) is 6.54 Å². The Bertz CT molecular complexity index is 887. The molecule has 1 fully saturated rings. The molecule has 1 aliphatic rings. The first-order chi connectivity index (χ1) is 14.2. The van der Waals surface area contributed by atoms with Gasteiger partial charge in [0.1, 0.15) is 5.60 Å². The zero-order valence-electron chi connectivity index (χ0n) is 16.3. The number of hydrogen-bond donors (Lipinski definition) is 3.